The maximum atomic E-state index is 5.52. The predicted octanol–water partition coefficient (Wildman–Crippen LogP) is 2.22. The maximum Gasteiger partial charge on any atom is 0.318 e. The Bertz CT molecular complexity index is 485. The standard InChI is InChI=1S/C11H16N4OS.ClH/c1-8-4-5-17-9(8)7-15(3)11-14-13-10(16-11)6-12-2;/h4-5,12H,6-7H2,1-3H3;1H. The van der Waals surface area contributed by atoms with Gasteiger partial charge in [0.1, 0.15) is 0 Å². The van der Waals surface area contributed by atoms with Crippen LogP contribution in [0.25, 0.3) is 0 Å². The molecule has 0 aromatic carbocycles. The van der Waals surface area contributed by atoms with Crippen molar-refractivity contribution >= 4 is 29.8 Å². The molecular formula is C11H17ClN4OS. The second-order valence-corrected chi connectivity index (χ2v) is 4.89. The molecular weight excluding hydrogens is 272 g/mol. The summed E-state index contributed by atoms with van der Waals surface area (Å²) in [6.07, 6.45) is 0. The molecule has 0 unspecified atom stereocenters. The fourth-order valence-electron chi connectivity index (χ4n) is 1.47. The first-order valence-electron chi connectivity index (χ1n) is 5.42. The number of halogens is 1. The highest BCUT2D eigenvalue weighted by molar-refractivity contribution is 7.10. The van der Waals surface area contributed by atoms with Crippen LogP contribution in [0.3, 0.4) is 0 Å². The third kappa shape index (κ3) is 3.44. The minimum absolute atomic E-state index is 0. The molecule has 7 heteroatoms. The van der Waals surface area contributed by atoms with Gasteiger partial charge in [0.05, 0.1) is 13.1 Å². The van der Waals surface area contributed by atoms with Gasteiger partial charge in [-0.25, -0.2) is 0 Å². The van der Waals surface area contributed by atoms with E-state index in [0.29, 0.717) is 18.5 Å². The van der Waals surface area contributed by atoms with E-state index < -0.39 is 0 Å². The average molecular weight is 289 g/mol. The van der Waals surface area contributed by atoms with Crippen molar-refractivity contribution in [3.8, 4) is 0 Å². The third-order valence-electron chi connectivity index (χ3n) is 2.46. The van der Waals surface area contributed by atoms with Crippen molar-refractivity contribution in [2.24, 2.45) is 0 Å². The van der Waals surface area contributed by atoms with Gasteiger partial charge >= 0.3 is 6.01 Å². The van der Waals surface area contributed by atoms with E-state index in [2.05, 4.69) is 33.9 Å². The zero-order valence-electron chi connectivity index (χ0n) is 10.6. The SMILES string of the molecule is CNCc1nnc(N(C)Cc2sccc2C)o1.Cl. The van der Waals surface area contributed by atoms with Gasteiger partial charge in [0.25, 0.3) is 0 Å². The molecule has 1 N–H and O–H groups in total. The molecule has 2 aromatic rings. The molecule has 0 fully saturated rings. The zero-order valence-corrected chi connectivity index (χ0v) is 12.3. The summed E-state index contributed by atoms with van der Waals surface area (Å²) >= 11 is 1.75. The summed E-state index contributed by atoms with van der Waals surface area (Å²) in [7, 11) is 3.80. The van der Waals surface area contributed by atoms with Crippen LogP contribution in [-0.4, -0.2) is 24.3 Å². The van der Waals surface area contributed by atoms with Crippen LogP contribution in [0.15, 0.2) is 15.9 Å². The lowest BCUT2D eigenvalue weighted by atomic mass is 10.3. The Morgan fingerprint density at radius 2 is 2.22 bits per heavy atom. The fraction of sp³-hybridized carbons (Fsp3) is 0.455. The molecule has 0 aliphatic carbocycles. The molecule has 0 saturated heterocycles. The highest BCUT2D eigenvalue weighted by Crippen LogP contribution is 2.20. The number of hydrogen-bond acceptors (Lipinski definition) is 6. The van der Waals surface area contributed by atoms with Gasteiger partial charge in [-0.15, -0.1) is 28.8 Å². The quantitative estimate of drug-likeness (QED) is 0.914. The molecule has 2 aromatic heterocycles. The number of aromatic nitrogens is 2. The van der Waals surface area contributed by atoms with Crippen molar-refractivity contribution in [3.05, 3.63) is 27.8 Å². The van der Waals surface area contributed by atoms with Gasteiger partial charge in [-0.2, -0.15) is 0 Å². The van der Waals surface area contributed by atoms with E-state index in [4.69, 9.17) is 4.42 Å². The molecule has 5 nitrogen and oxygen atoms in total. The molecule has 0 aliphatic heterocycles. The number of nitrogens with one attached hydrogen (secondary N) is 1. The van der Waals surface area contributed by atoms with Gasteiger partial charge in [-0.3, -0.25) is 0 Å². The van der Waals surface area contributed by atoms with Crippen LogP contribution in [-0.2, 0) is 13.1 Å². The zero-order chi connectivity index (χ0) is 12.3. The molecule has 2 heterocycles. The topological polar surface area (TPSA) is 54.2 Å². The minimum atomic E-state index is 0. The molecule has 0 bridgehead atoms. The Kier molecular flexibility index (Phi) is 5.58. The first kappa shape index (κ1) is 14.9. The second kappa shape index (κ2) is 6.72. The lowest BCUT2D eigenvalue weighted by molar-refractivity contribution is 0.476. The summed E-state index contributed by atoms with van der Waals surface area (Å²) in [4.78, 5) is 3.28. The van der Waals surface area contributed by atoms with E-state index in [1.54, 1.807) is 11.3 Å². The van der Waals surface area contributed by atoms with Crippen molar-refractivity contribution in [3.63, 3.8) is 0 Å². The smallest absolute Gasteiger partial charge is 0.318 e. The highest BCUT2D eigenvalue weighted by atomic mass is 35.5. The molecule has 100 valence electrons. The van der Waals surface area contributed by atoms with E-state index in [-0.39, 0.29) is 12.4 Å². The number of thiophene rings is 1. The van der Waals surface area contributed by atoms with Crippen molar-refractivity contribution in [2.75, 3.05) is 19.0 Å². The van der Waals surface area contributed by atoms with Crippen molar-refractivity contribution in [2.45, 2.75) is 20.0 Å². The molecule has 0 amide bonds. The summed E-state index contributed by atoms with van der Waals surface area (Å²) < 4.78 is 5.52. The Morgan fingerprint density at radius 1 is 1.44 bits per heavy atom. The van der Waals surface area contributed by atoms with Gasteiger partial charge in [0.2, 0.25) is 5.89 Å². The van der Waals surface area contributed by atoms with Gasteiger partial charge in [0.15, 0.2) is 0 Å². The van der Waals surface area contributed by atoms with Crippen LogP contribution in [0.4, 0.5) is 6.01 Å². The van der Waals surface area contributed by atoms with Gasteiger partial charge in [-0.1, -0.05) is 5.10 Å². The lowest BCUT2D eigenvalue weighted by Crippen LogP contribution is -2.16. The fourth-order valence-corrected chi connectivity index (χ4v) is 2.43. The van der Waals surface area contributed by atoms with Crippen molar-refractivity contribution < 1.29 is 4.42 Å². The summed E-state index contributed by atoms with van der Waals surface area (Å²) in [5, 5.41) is 13.1. The van der Waals surface area contributed by atoms with Gasteiger partial charge < -0.3 is 14.6 Å². The lowest BCUT2D eigenvalue weighted by Gasteiger charge is -2.12. The van der Waals surface area contributed by atoms with Crippen LogP contribution < -0.4 is 10.2 Å². The summed E-state index contributed by atoms with van der Waals surface area (Å²) in [5.74, 6) is 0.609. The van der Waals surface area contributed by atoms with E-state index in [1.165, 1.54) is 10.4 Å². The van der Waals surface area contributed by atoms with E-state index >= 15 is 0 Å². The summed E-state index contributed by atoms with van der Waals surface area (Å²) in [6, 6.07) is 2.68. The normalized spacial score (nSPS) is 10.2. The predicted molar refractivity (Wildman–Crippen MR) is 75.5 cm³/mol. The van der Waals surface area contributed by atoms with Crippen molar-refractivity contribution in [1.29, 1.82) is 0 Å². The monoisotopic (exact) mass is 288 g/mol. The number of rotatable bonds is 5. The molecule has 18 heavy (non-hydrogen) atoms. The van der Waals surface area contributed by atoms with Crippen LogP contribution in [0.5, 0.6) is 0 Å². The van der Waals surface area contributed by atoms with Gasteiger partial charge in [0, 0.05) is 11.9 Å². The Hall–Kier alpha value is -1.11. The number of anilines is 1. The Morgan fingerprint density at radius 3 is 2.83 bits per heavy atom. The van der Waals surface area contributed by atoms with Crippen LogP contribution in [0.2, 0.25) is 0 Å². The molecule has 0 radical (unpaired) electrons. The molecule has 2 rings (SSSR count). The number of nitrogens with zero attached hydrogens (tertiary/aromatic N) is 3. The number of hydrogen-bond donors (Lipinski definition) is 1. The largest absolute Gasteiger partial charge is 0.407 e. The molecule has 0 spiro atoms. The number of aryl methyl sites for hydroxylation is 1. The minimum Gasteiger partial charge on any atom is -0.407 e. The molecule has 0 atom stereocenters. The average Bonchev–Trinajstić information content (AvgIpc) is 2.90. The molecule has 0 aliphatic rings. The first-order chi connectivity index (χ1) is 8.20. The van der Waals surface area contributed by atoms with E-state index in [1.807, 2.05) is 19.0 Å². The van der Waals surface area contributed by atoms with Crippen LogP contribution in [0.1, 0.15) is 16.3 Å². The Balaban J connectivity index is 0.00000162. The first-order valence-corrected chi connectivity index (χ1v) is 6.29. The van der Waals surface area contributed by atoms with Crippen LogP contribution >= 0.6 is 23.7 Å². The van der Waals surface area contributed by atoms with Crippen molar-refractivity contribution in [1.82, 2.24) is 15.5 Å². The Labute approximate surface area is 117 Å². The van der Waals surface area contributed by atoms with E-state index in [0.717, 1.165) is 6.54 Å². The highest BCUT2D eigenvalue weighted by Gasteiger charge is 2.12. The summed E-state index contributed by atoms with van der Waals surface area (Å²) in [5.41, 5.74) is 1.30. The molecule has 0 saturated carbocycles. The maximum absolute atomic E-state index is 5.52. The van der Waals surface area contributed by atoms with Gasteiger partial charge in [-0.05, 0) is 31.0 Å². The van der Waals surface area contributed by atoms with E-state index in [9.17, 15) is 0 Å². The third-order valence-corrected chi connectivity index (χ3v) is 3.47. The summed E-state index contributed by atoms with van der Waals surface area (Å²) in [6.45, 7) is 3.50. The van der Waals surface area contributed by atoms with Crippen LogP contribution in [0, 0.1) is 6.92 Å². The second-order valence-electron chi connectivity index (χ2n) is 3.89.